The summed E-state index contributed by atoms with van der Waals surface area (Å²) in [6.07, 6.45) is 0.227. The number of para-hydroxylation sites is 1. The van der Waals surface area contributed by atoms with Crippen molar-refractivity contribution in [2.24, 2.45) is 4.74 Å². The van der Waals surface area contributed by atoms with Crippen molar-refractivity contribution in [3.05, 3.63) is 41.6 Å². The van der Waals surface area contributed by atoms with Crippen molar-refractivity contribution < 1.29 is 18.4 Å². The summed E-state index contributed by atoms with van der Waals surface area (Å²) in [5, 5.41) is 4.52. The van der Waals surface area contributed by atoms with Crippen molar-refractivity contribution >= 4 is 19.8 Å². The van der Waals surface area contributed by atoms with Gasteiger partial charge >= 0.3 is 7.74 Å². The molecule has 0 saturated carbocycles. The molecule has 0 amide bonds. The number of benzene rings is 1. The molecule has 0 bridgehead atoms. The minimum absolute atomic E-state index is 0.177. The molecule has 2 rings (SSSR count). The smallest absolute Gasteiger partial charge is 0.300 e. The van der Waals surface area contributed by atoms with Crippen LogP contribution >= 0.6 is 7.74 Å². The number of nitrogens with zero attached hydrogens (tertiary/aromatic N) is 3. The number of carbonyl (C=O) groups excluding carboxylic acids is 1. The first-order chi connectivity index (χ1) is 13.2. The summed E-state index contributed by atoms with van der Waals surface area (Å²) in [5.41, 5.74) is 1.75. The Morgan fingerprint density at radius 1 is 0.964 bits per heavy atom. The van der Waals surface area contributed by atoms with Gasteiger partial charge in [0.25, 0.3) is 0 Å². The van der Waals surface area contributed by atoms with E-state index in [2.05, 4.69) is 5.10 Å². The molecule has 1 aromatic heterocycles. The Kier molecular flexibility index (Phi) is 7.72. The van der Waals surface area contributed by atoms with Crippen LogP contribution in [0.4, 0.5) is 5.82 Å². The normalized spacial score (nSPS) is 12.2. The van der Waals surface area contributed by atoms with Gasteiger partial charge in [0.1, 0.15) is 0 Å². The summed E-state index contributed by atoms with van der Waals surface area (Å²) in [5.74, 6) is 0.369. The highest BCUT2D eigenvalue weighted by Crippen LogP contribution is 2.58. The largest absolute Gasteiger partial charge is 0.362 e. The lowest BCUT2D eigenvalue weighted by Crippen LogP contribution is -2.13. The summed E-state index contributed by atoms with van der Waals surface area (Å²) in [6, 6.07) is 9.52. The van der Waals surface area contributed by atoms with E-state index in [1.807, 2.05) is 71.9 Å². The quantitative estimate of drug-likeness (QED) is 0.385. The third kappa shape index (κ3) is 5.61. The molecular weight excluding hydrogens is 377 g/mol. The Morgan fingerprint density at radius 2 is 1.46 bits per heavy atom. The zero-order valence-corrected chi connectivity index (χ0v) is 18.5. The average molecular weight is 407 g/mol. The lowest BCUT2D eigenvalue weighted by molar-refractivity contribution is 0.0836. The Morgan fingerprint density at radius 3 is 1.89 bits per heavy atom. The monoisotopic (exact) mass is 407 g/mol. The molecule has 0 spiro atoms. The van der Waals surface area contributed by atoms with Crippen molar-refractivity contribution in [2.45, 2.75) is 66.8 Å². The average Bonchev–Trinajstić information content (AvgIpc) is 2.88. The SMILES string of the molecule is Cc1nn(-c2ccccc2)c(N=P(OC(C)C)(OC(C)C)OC(C)C)c1C=O. The van der Waals surface area contributed by atoms with Gasteiger partial charge in [-0.15, -0.1) is 0 Å². The van der Waals surface area contributed by atoms with E-state index in [9.17, 15) is 4.79 Å². The van der Waals surface area contributed by atoms with Gasteiger partial charge in [0.2, 0.25) is 0 Å². The summed E-state index contributed by atoms with van der Waals surface area (Å²) < 4.78 is 24.7. The Balaban J connectivity index is 2.78. The van der Waals surface area contributed by atoms with Crippen LogP contribution in [0.25, 0.3) is 5.69 Å². The molecule has 154 valence electrons. The van der Waals surface area contributed by atoms with Gasteiger partial charge in [0.15, 0.2) is 12.1 Å². The second-order valence-corrected chi connectivity index (χ2v) is 8.99. The molecule has 0 aliphatic rings. The van der Waals surface area contributed by atoms with Crippen LogP contribution in [0.1, 0.15) is 57.6 Å². The molecule has 8 heteroatoms. The summed E-state index contributed by atoms with van der Waals surface area (Å²) >= 11 is 0. The van der Waals surface area contributed by atoms with E-state index < -0.39 is 7.74 Å². The van der Waals surface area contributed by atoms with Gasteiger partial charge in [-0.2, -0.15) is 9.84 Å². The van der Waals surface area contributed by atoms with Gasteiger partial charge < -0.3 is 0 Å². The number of hydrogen-bond donors (Lipinski definition) is 0. The van der Waals surface area contributed by atoms with Gasteiger partial charge in [0.05, 0.1) is 35.3 Å². The van der Waals surface area contributed by atoms with Crippen LogP contribution in [0.2, 0.25) is 0 Å². The van der Waals surface area contributed by atoms with Crippen LogP contribution in [-0.2, 0) is 13.6 Å². The molecule has 28 heavy (non-hydrogen) atoms. The molecule has 0 aliphatic heterocycles. The fourth-order valence-corrected chi connectivity index (χ4v) is 4.88. The number of aromatic nitrogens is 2. The van der Waals surface area contributed by atoms with Crippen molar-refractivity contribution in [2.75, 3.05) is 0 Å². The maximum Gasteiger partial charge on any atom is 0.362 e. The van der Waals surface area contributed by atoms with Gasteiger partial charge in [0, 0.05) is 0 Å². The van der Waals surface area contributed by atoms with Crippen LogP contribution in [0.15, 0.2) is 35.1 Å². The van der Waals surface area contributed by atoms with Gasteiger partial charge in [-0.3, -0.25) is 18.4 Å². The zero-order chi connectivity index (χ0) is 20.9. The predicted molar refractivity (Wildman–Crippen MR) is 111 cm³/mol. The topological polar surface area (TPSA) is 74.9 Å². The van der Waals surface area contributed by atoms with Gasteiger partial charge in [-0.25, -0.2) is 4.68 Å². The van der Waals surface area contributed by atoms with E-state index in [4.69, 9.17) is 18.3 Å². The van der Waals surface area contributed by atoms with Crippen LogP contribution in [0.3, 0.4) is 0 Å². The third-order valence-electron chi connectivity index (χ3n) is 3.45. The van der Waals surface area contributed by atoms with Crippen LogP contribution in [0.5, 0.6) is 0 Å². The van der Waals surface area contributed by atoms with E-state index >= 15 is 0 Å². The molecular formula is C20H30N3O4P. The van der Waals surface area contributed by atoms with E-state index in [1.165, 1.54) is 0 Å². The number of aldehydes is 1. The molecule has 1 heterocycles. The second-order valence-electron chi connectivity index (χ2n) is 7.22. The molecule has 0 radical (unpaired) electrons. The van der Waals surface area contributed by atoms with Crippen LogP contribution in [-0.4, -0.2) is 34.4 Å². The van der Waals surface area contributed by atoms with E-state index in [0.717, 1.165) is 12.0 Å². The molecule has 0 aliphatic carbocycles. The van der Waals surface area contributed by atoms with Gasteiger partial charge in [-0.05, 0) is 60.6 Å². The van der Waals surface area contributed by atoms with Crippen molar-refractivity contribution in [3.8, 4) is 5.69 Å². The highest BCUT2D eigenvalue weighted by Gasteiger charge is 2.31. The fraction of sp³-hybridized carbons (Fsp3) is 0.500. The predicted octanol–water partition coefficient (Wildman–Crippen LogP) is 5.85. The number of rotatable bonds is 9. The summed E-state index contributed by atoms with van der Waals surface area (Å²) in [7, 11) is -3.16. The van der Waals surface area contributed by atoms with Gasteiger partial charge in [-0.1, -0.05) is 18.2 Å². The van der Waals surface area contributed by atoms with Crippen molar-refractivity contribution in [1.82, 2.24) is 9.78 Å². The van der Waals surface area contributed by atoms with Crippen molar-refractivity contribution in [3.63, 3.8) is 0 Å². The first kappa shape index (κ1) is 22.5. The third-order valence-corrected chi connectivity index (χ3v) is 5.95. The minimum atomic E-state index is -3.16. The summed E-state index contributed by atoms with van der Waals surface area (Å²) in [6.45, 7) is 13.2. The summed E-state index contributed by atoms with van der Waals surface area (Å²) in [4.78, 5) is 11.8. The molecule has 0 atom stereocenters. The molecule has 0 fully saturated rings. The maximum absolute atomic E-state index is 11.8. The van der Waals surface area contributed by atoms with Crippen LogP contribution in [0, 0.1) is 6.92 Å². The first-order valence-electron chi connectivity index (χ1n) is 9.45. The van der Waals surface area contributed by atoms with Crippen molar-refractivity contribution in [1.29, 1.82) is 0 Å². The Bertz CT molecular complexity index is 811. The molecule has 0 N–H and O–H groups in total. The minimum Gasteiger partial charge on any atom is -0.300 e. The molecule has 0 unspecified atom stereocenters. The van der Waals surface area contributed by atoms with Crippen LogP contribution < -0.4 is 0 Å². The molecule has 0 saturated heterocycles. The number of aryl methyl sites for hydroxylation is 1. The fourth-order valence-electron chi connectivity index (χ4n) is 2.57. The number of carbonyl (C=O) groups is 1. The van der Waals surface area contributed by atoms with E-state index in [0.29, 0.717) is 17.1 Å². The van der Waals surface area contributed by atoms with E-state index in [1.54, 1.807) is 11.6 Å². The standard InChI is InChI=1S/C20H30N3O4P/c1-14(2)25-28(26-15(3)4,27-16(5)6)22-20-19(13-24)17(7)21-23(20)18-11-9-8-10-12-18/h8-16H,1-7H3. The maximum atomic E-state index is 11.8. The second kappa shape index (κ2) is 9.61. The number of hydrogen-bond acceptors (Lipinski definition) is 6. The Hall–Kier alpha value is -1.79. The lowest BCUT2D eigenvalue weighted by atomic mass is 10.2. The van der Waals surface area contributed by atoms with E-state index in [-0.39, 0.29) is 18.3 Å². The molecule has 7 nitrogen and oxygen atoms in total. The zero-order valence-electron chi connectivity index (χ0n) is 17.6. The molecule has 1 aromatic carbocycles. The lowest BCUT2D eigenvalue weighted by Gasteiger charge is -2.28. The first-order valence-corrected chi connectivity index (χ1v) is 10.9. The highest BCUT2D eigenvalue weighted by atomic mass is 31.2. The highest BCUT2D eigenvalue weighted by molar-refractivity contribution is 7.51. The Labute approximate surface area is 167 Å². The molecule has 2 aromatic rings.